The molecule has 1 aromatic rings. The van der Waals surface area contributed by atoms with Gasteiger partial charge in [-0.2, -0.15) is 9.97 Å². The lowest BCUT2D eigenvalue weighted by atomic mass is 9.97. The molecule has 2 unspecified atom stereocenters. The van der Waals surface area contributed by atoms with Crippen LogP contribution in [0.5, 0.6) is 17.8 Å². The molecule has 1 rings (SSSR count). The fraction of sp³-hybridized carbons (Fsp3) is 0.538. The first-order chi connectivity index (χ1) is 10.3. The van der Waals surface area contributed by atoms with Crippen LogP contribution in [-0.4, -0.2) is 54.8 Å². The molecule has 0 aromatic carbocycles. The molecule has 2 atom stereocenters. The van der Waals surface area contributed by atoms with Crippen LogP contribution in [0.2, 0.25) is 0 Å². The summed E-state index contributed by atoms with van der Waals surface area (Å²) in [5, 5.41) is 0. The third-order valence-corrected chi connectivity index (χ3v) is 2.90. The van der Waals surface area contributed by atoms with Crippen LogP contribution in [0.1, 0.15) is 13.8 Å². The van der Waals surface area contributed by atoms with Gasteiger partial charge in [0.25, 0.3) is 0 Å². The number of ether oxygens (including phenoxy) is 4. The van der Waals surface area contributed by atoms with Gasteiger partial charge in [0.2, 0.25) is 23.5 Å². The normalized spacial score (nSPS) is 14.5. The summed E-state index contributed by atoms with van der Waals surface area (Å²) in [5.74, 6) is -1.83. The Balaban J connectivity index is 3.20. The lowest BCUT2D eigenvalue weighted by Gasteiger charge is -2.25. The summed E-state index contributed by atoms with van der Waals surface area (Å²) >= 11 is 0. The third-order valence-electron chi connectivity index (χ3n) is 2.90. The molecule has 0 aliphatic rings. The fourth-order valence-electron chi connectivity index (χ4n) is 1.42. The van der Waals surface area contributed by atoms with Gasteiger partial charge >= 0.3 is 12.0 Å². The Bertz CT molecular complexity index is 541. The van der Waals surface area contributed by atoms with Gasteiger partial charge in [0, 0.05) is 0 Å². The van der Waals surface area contributed by atoms with Crippen LogP contribution in [0.15, 0.2) is 6.07 Å². The SMILES string of the molecule is COC(=O)C(Oc1nc(OC)cc(OC)n1)C(C)(F)C(C)=O. The average molecular weight is 316 g/mol. The quantitative estimate of drug-likeness (QED) is 0.679. The van der Waals surface area contributed by atoms with E-state index >= 15 is 0 Å². The van der Waals surface area contributed by atoms with Crippen LogP contribution in [0.3, 0.4) is 0 Å². The molecule has 0 aliphatic heterocycles. The Morgan fingerprint density at radius 1 is 1.18 bits per heavy atom. The number of hydrogen-bond acceptors (Lipinski definition) is 8. The zero-order valence-corrected chi connectivity index (χ0v) is 12.9. The number of Topliss-reactive ketones (excluding diaryl/α,β-unsaturated/α-hetero) is 1. The predicted octanol–water partition coefficient (Wildman–Crippen LogP) is 0.731. The first-order valence-electron chi connectivity index (χ1n) is 6.17. The summed E-state index contributed by atoms with van der Waals surface area (Å²) in [4.78, 5) is 30.7. The van der Waals surface area contributed by atoms with Crippen molar-refractivity contribution < 1.29 is 32.9 Å². The van der Waals surface area contributed by atoms with Crippen molar-refractivity contribution >= 4 is 11.8 Å². The van der Waals surface area contributed by atoms with Crippen molar-refractivity contribution in [2.45, 2.75) is 25.6 Å². The van der Waals surface area contributed by atoms with Crippen molar-refractivity contribution in [1.29, 1.82) is 0 Å². The molecule has 0 fully saturated rings. The number of rotatable bonds is 7. The standard InChI is InChI=1S/C13H17FN2O6/c1-7(17)13(2,14)10(11(18)21-5)22-12-15-8(19-3)6-9(16-12)20-4/h6,10H,1-5H3. The van der Waals surface area contributed by atoms with Gasteiger partial charge in [-0.3, -0.25) is 4.79 Å². The van der Waals surface area contributed by atoms with Crippen molar-refractivity contribution in [3.05, 3.63) is 6.07 Å². The first-order valence-corrected chi connectivity index (χ1v) is 6.17. The van der Waals surface area contributed by atoms with Crippen molar-refractivity contribution in [1.82, 2.24) is 9.97 Å². The topological polar surface area (TPSA) is 96.8 Å². The molecule has 122 valence electrons. The molecule has 1 aromatic heterocycles. The van der Waals surface area contributed by atoms with Crippen LogP contribution in [0, 0.1) is 0 Å². The molecule has 0 amide bonds. The molecule has 0 saturated carbocycles. The van der Waals surface area contributed by atoms with E-state index in [0.29, 0.717) is 0 Å². The Kier molecular flexibility index (Phi) is 5.61. The average Bonchev–Trinajstić information content (AvgIpc) is 2.50. The number of aromatic nitrogens is 2. The minimum atomic E-state index is -2.62. The van der Waals surface area contributed by atoms with Gasteiger partial charge in [-0.25, -0.2) is 9.18 Å². The second-order valence-corrected chi connectivity index (χ2v) is 4.39. The number of ketones is 1. The molecule has 22 heavy (non-hydrogen) atoms. The molecule has 8 nitrogen and oxygen atoms in total. The third kappa shape index (κ3) is 3.80. The van der Waals surface area contributed by atoms with Crippen molar-refractivity contribution in [2.24, 2.45) is 0 Å². The molecule has 9 heteroatoms. The summed E-state index contributed by atoms with van der Waals surface area (Å²) in [6.45, 7) is 1.90. The Labute approximate surface area is 126 Å². The maximum atomic E-state index is 14.5. The van der Waals surface area contributed by atoms with E-state index in [4.69, 9.17) is 14.2 Å². The van der Waals surface area contributed by atoms with E-state index in [1.807, 2.05) is 0 Å². The lowest BCUT2D eigenvalue weighted by Crippen LogP contribution is -2.50. The monoisotopic (exact) mass is 316 g/mol. The van der Waals surface area contributed by atoms with E-state index in [1.54, 1.807) is 0 Å². The number of carbonyl (C=O) groups is 2. The maximum Gasteiger partial charge on any atom is 0.351 e. The van der Waals surface area contributed by atoms with Crippen LogP contribution < -0.4 is 14.2 Å². The number of alkyl halides is 1. The van der Waals surface area contributed by atoms with Gasteiger partial charge in [-0.1, -0.05) is 0 Å². The number of esters is 1. The summed E-state index contributed by atoms with van der Waals surface area (Å²) < 4.78 is 33.9. The highest BCUT2D eigenvalue weighted by Crippen LogP contribution is 2.25. The van der Waals surface area contributed by atoms with Gasteiger partial charge in [0.1, 0.15) is 0 Å². The molecule has 0 aliphatic carbocycles. The van der Waals surface area contributed by atoms with E-state index in [1.165, 1.54) is 20.3 Å². The van der Waals surface area contributed by atoms with E-state index in [2.05, 4.69) is 14.7 Å². The summed E-state index contributed by atoms with van der Waals surface area (Å²) in [6.07, 6.45) is -1.87. The van der Waals surface area contributed by atoms with Gasteiger partial charge in [-0.15, -0.1) is 0 Å². The van der Waals surface area contributed by atoms with Gasteiger partial charge in [0.15, 0.2) is 5.78 Å². The summed E-state index contributed by atoms with van der Waals surface area (Å²) in [5.41, 5.74) is -2.62. The second-order valence-electron chi connectivity index (χ2n) is 4.39. The Morgan fingerprint density at radius 2 is 1.68 bits per heavy atom. The van der Waals surface area contributed by atoms with E-state index in [9.17, 15) is 14.0 Å². The largest absolute Gasteiger partial charge is 0.481 e. The second kappa shape index (κ2) is 7.01. The fourth-order valence-corrected chi connectivity index (χ4v) is 1.42. The van der Waals surface area contributed by atoms with Gasteiger partial charge in [0.05, 0.1) is 27.4 Å². The number of halogens is 1. The van der Waals surface area contributed by atoms with Gasteiger partial charge < -0.3 is 18.9 Å². The molecule has 0 N–H and O–H groups in total. The smallest absolute Gasteiger partial charge is 0.351 e. The molecule has 1 heterocycles. The Hall–Kier alpha value is -2.45. The molecule has 0 spiro atoms. The number of carbonyl (C=O) groups excluding carboxylic acids is 2. The number of nitrogens with zero attached hydrogens (tertiary/aromatic N) is 2. The predicted molar refractivity (Wildman–Crippen MR) is 71.8 cm³/mol. The minimum absolute atomic E-state index is 0.0776. The molecule has 0 radical (unpaired) electrons. The van der Waals surface area contributed by atoms with E-state index < -0.39 is 29.5 Å². The molecule has 0 bridgehead atoms. The number of methoxy groups -OCH3 is 3. The van der Waals surface area contributed by atoms with Crippen LogP contribution >= 0.6 is 0 Å². The first kappa shape index (κ1) is 17.6. The van der Waals surface area contributed by atoms with Gasteiger partial charge in [-0.05, 0) is 13.8 Å². The van der Waals surface area contributed by atoms with Crippen LogP contribution in [0.4, 0.5) is 4.39 Å². The van der Waals surface area contributed by atoms with Crippen LogP contribution in [0.25, 0.3) is 0 Å². The Morgan fingerprint density at radius 3 is 2.05 bits per heavy atom. The highest BCUT2D eigenvalue weighted by Gasteiger charge is 2.47. The molecule has 0 saturated heterocycles. The summed E-state index contributed by atoms with van der Waals surface area (Å²) in [6, 6.07) is 0.969. The van der Waals surface area contributed by atoms with Crippen LogP contribution in [-0.2, 0) is 14.3 Å². The lowest BCUT2D eigenvalue weighted by molar-refractivity contribution is -0.161. The molecular formula is C13H17FN2O6. The van der Waals surface area contributed by atoms with E-state index in [-0.39, 0.29) is 11.8 Å². The van der Waals surface area contributed by atoms with Crippen molar-refractivity contribution in [2.75, 3.05) is 21.3 Å². The minimum Gasteiger partial charge on any atom is -0.481 e. The highest BCUT2D eigenvalue weighted by molar-refractivity contribution is 5.92. The zero-order valence-electron chi connectivity index (χ0n) is 12.9. The maximum absolute atomic E-state index is 14.5. The van der Waals surface area contributed by atoms with Crippen molar-refractivity contribution in [3.63, 3.8) is 0 Å². The van der Waals surface area contributed by atoms with Crippen molar-refractivity contribution in [3.8, 4) is 17.8 Å². The van der Waals surface area contributed by atoms with E-state index in [0.717, 1.165) is 21.0 Å². The number of hydrogen-bond donors (Lipinski definition) is 0. The molecular weight excluding hydrogens is 299 g/mol. The zero-order chi connectivity index (χ0) is 16.9. The summed E-state index contributed by atoms with van der Waals surface area (Å²) in [7, 11) is 3.73. The highest BCUT2D eigenvalue weighted by atomic mass is 19.1.